The molecule has 1 atom stereocenters. The molecule has 0 amide bonds. The Hall–Kier alpha value is -1.03. The number of hydrogen-bond donors (Lipinski definition) is 1. The van der Waals surface area contributed by atoms with Gasteiger partial charge in [-0.1, -0.05) is 12.1 Å². The predicted octanol–water partition coefficient (Wildman–Crippen LogP) is 3.52. The van der Waals surface area contributed by atoms with Crippen molar-refractivity contribution >= 4 is 0 Å². The van der Waals surface area contributed by atoms with Gasteiger partial charge in [0.05, 0.1) is 0 Å². The maximum Gasteiger partial charge on any atom is 0.248 e. The van der Waals surface area contributed by atoms with Crippen LogP contribution in [0.1, 0.15) is 31.2 Å². The van der Waals surface area contributed by atoms with Crippen LogP contribution in [0.5, 0.6) is 0 Å². The lowest BCUT2D eigenvalue weighted by Gasteiger charge is -2.32. The Morgan fingerprint density at radius 1 is 1.17 bits per heavy atom. The van der Waals surface area contributed by atoms with Gasteiger partial charge < -0.3 is 5.73 Å². The lowest BCUT2D eigenvalue weighted by molar-refractivity contribution is -0.0481. The molecule has 1 nitrogen and oxygen atoms in total. The minimum Gasteiger partial charge on any atom is -0.327 e. The zero-order valence-electron chi connectivity index (χ0n) is 10.2. The van der Waals surface area contributed by atoms with Gasteiger partial charge in [0.15, 0.2) is 0 Å². The molecule has 2 rings (SSSR count). The van der Waals surface area contributed by atoms with Gasteiger partial charge in [-0.05, 0) is 42.9 Å². The molecule has 1 saturated carbocycles. The van der Waals surface area contributed by atoms with E-state index in [1.165, 1.54) is 12.1 Å². The topological polar surface area (TPSA) is 26.0 Å². The van der Waals surface area contributed by atoms with Gasteiger partial charge >= 0.3 is 0 Å². The minimum atomic E-state index is -2.51. The van der Waals surface area contributed by atoms with Crippen LogP contribution in [0.15, 0.2) is 24.3 Å². The van der Waals surface area contributed by atoms with E-state index in [4.69, 9.17) is 5.73 Å². The number of halogens is 3. The third-order valence-electron chi connectivity index (χ3n) is 3.75. The summed E-state index contributed by atoms with van der Waals surface area (Å²) in [5.74, 6) is -2.63. The van der Waals surface area contributed by atoms with Gasteiger partial charge in [-0.15, -0.1) is 0 Å². The van der Waals surface area contributed by atoms with E-state index in [1.54, 1.807) is 12.1 Å². The van der Waals surface area contributed by atoms with Crippen molar-refractivity contribution in [3.63, 3.8) is 0 Å². The third-order valence-corrected chi connectivity index (χ3v) is 3.75. The molecule has 2 N–H and O–H groups in total. The minimum absolute atomic E-state index is 0.0607. The summed E-state index contributed by atoms with van der Waals surface area (Å²) in [5.41, 5.74) is 7.03. The van der Waals surface area contributed by atoms with Gasteiger partial charge in [-0.3, -0.25) is 0 Å². The molecule has 0 aromatic heterocycles. The monoisotopic (exact) mass is 257 g/mol. The summed E-state index contributed by atoms with van der Waals surface area (Å²) in [4.78, 5) is 0. The Bertz CT molecular complexity index is 379. The van der Waals surface area contributed by atoms with Crippen LogP contribution in [0.4, 0.5) is 13.2 Å². The zero-order valence-corrected chi connectivity index (χ0v) is 10.2. The number of alkyl halides is 2. The molecule has 1 aromatic carbocycles. The first-order valence-corrected chi connectivity index (χ1v) is 6.34. The average Bonchev–Trinajstić information content (AvgIpc) is 2.32. The van der Waals surface area contributed by atoms with Gasteiger partial charge in [0.2, 0.25) is 5.92 Å². The second-order valence-electron chi connectivity index (χ2n) is 5.19. The molecule has 1 fully saturated rings. The lowest BCUT2D eigenvalue weighted by atomic mass is 9.80. The predicted molar refractivity (Wildman–Crippen MR) is 65.0 cm³/mol. The normalized spacial score (nSPS) is 21.8. The highest BCUT2D eigenvalue weighted by Gasteiger charge is 2.36. The van der Waals surface area contributed by atoms with Crippen molar-refractivity contribution in [2.45, 2.75) is 44.1 Å². The molecule has 1 aromatic rings. The second-order valence-corrected chi connectivity index (χ2v) is 5.19. The first kappa shape index (κ1) is 13.4. The summed E-state index contributed by atoms with van der Waals surface area (Å²) < 4.78 is 38.8. The molecule has 0 spiro atoms. The summed E-state index contributed by atoms with van der Waals surface area (Å²) in [6.45, 7) is 0. The molecular formula is C14H18F3N. The van der Waals surface area contributed by atoms with Gasteiger partial charge in [0, 0.05) is 18.9 Å². The smallest absolute Gasteiger partial charge is 0.248 e. The van der Waals surface area contributed by atoms with Crippen LogP contribution >= 0.6 is 0 Å². The van der Waals surface area contributed by atoms with Crippen molar-refractivity contribution in [3.05, 3.63) is 35.6 Å². The molecule has 4 heteroatoms. The Labute approximate surface area is 105 Å². The van der Waals surface area contributed by atoms with Gasteiger partial charge in [0.25, 0.3) is 0 Å². The second kappa shape index (κ2) is 5.31. The molecule has 0 saturated heterocycles. The molecule has 0 radical (unpaired) electrons. The van der Waals surface area contributed by atoms with E-state index in [0.717, 1.165) is 5.56 Å². The molecule has 0 aliphatic heterocycles. The Balaban J connectivity index is 1.89. The molecule has 1 unspecified atom stereocenters. The van der Waals surface area contributed by atoms with Crippen LogP contribution in [0, 0.1) is 11.7 Å². The van der Waals surface area contributed by atoms with E-state index in [1.807, 2.05) is 0 Å². The largest absolute Gasteiger partial charge is 0.327 e. The highest BCUT2D eigenvalue weighted by molar-refractivity contribution is 5.17. The van der Waals surface area contributed by atoms with Crippen LogP contribution < -0.4 is 5.73 Å². The highest BCUT2D eigenvalue weighted by atomic mass is 19.3. The third kappa shape index (κ3) is 3.48. The fraction of sp³-hybridized carbons (Fsp3) is 0.571. The standard InChI is InChI=1S/C14H18F3N/c15-12-3-1-10(2-4-12)9-13(18)11-5-7-14(16,17)8-6-11/h1-4,11,13H,5-9,18H2. The number of rotatable bonds is 3. The van der Waals surface area contributed by atoms with E-state index in [9.17, 15) is 13.2 Å². The van der Waals surface area contributed by atoms with Crippen LogP contribution in [0.3, 0.4) is 0 Å². The quantitative estimate of drug-likeness (QED) is 0.881. The zero-order chi connectivity index (χ0) is 13.2. The van der Waals surface area contributed by atoms with Crippen LogP contribution in [-0.2, 0) is 6.42 Å². The summed E-state index contributed by atoms with van der Waals surface area (Å²) in [6.07, 6.45) is 1.46. The van der Waals surface area contributed by atoms with Crippen molar-refractivity contribution in [3.8, 4) is 0 Å². The summed E-state index contributed by atoms with van der Waals surface area (Å²) in [7, 11) is 0. The van der Waals surface area contributed by atoms with Gasteiger partial charge in [-0.25, -0.2) is 13.2 Å². The highest BCUT2D eigenvalue weighted by Crippen LogP contribution is 2.37. The summed E-state index contributed by atoms with van der Waals surface area (Å²) in [6, 6.07) is 6.08. The number of hydrogen-bond acceptors (Lipinski definition) is 1. The maximum absolute atomic E-state index is 13.0. The SMILES string of the molecule is NC(Cc1ccc(F)cc1)C1CCC(F)(F)CC1. The van der Waals surface area contributed by atoms with Crippen LogP contribution in [0.25, 0.3) is 0 Å². The fourth-order valence-electron chi connectivity index (χ4n) is 2.55. The van der Waals surface area contributed by atoms with E-state index in [-0.39, 0.29) is 30.6 Å². The lowest BCUT2D eigenvalue weighted by Crippen LogP contribution is -2.37. The van der Waals surface area contributed by atoms with E-state index < -0.39 is 5.92 Å². The van der Waals surface area contributed by atoms with Gasteiger partial charge in [-0.2, -0.15) is 0 Å². The van der Waals surface area contributed by atoms with Crippen LogP contribution in [-0.4, -0.2) is 12.0 Å². The van der Waals surface area contributed by atoms with E-state index >= 15 is 0 Å². The van der Waals surface area contributed by atoms with E-state index in [2.05, 4.69) is 0 Å². The Kier molecular flexibility index (Phi) is 3.95. The number of benzene rings is 1. The molecule has 0 bridgehead atoms. The van der Waals surface area contributed by atoms with Crippen molar-refractivity contribution in [2.24, 2.45) is 11.7 Å². The first-order chi connectivity index (χ1) is 8.46. The Morgan fingerprint density at radius 3 is 2.28 bits per heavy atom. The first-order valence-electron chi connectivity index (χ1n) is 6.34. The average molecular weight is 257 g/mol. The van der Waals surface area contributed by atoms with Crippen molar-refractivity contribution < 1.29 is 13.2 Å². The van der Waals surface area contributed by atoms with Crippen molar-refractivity contribution in [2.75, 3.05) is 0 Å². The molecular weight excluding hydrogens is 239 g/mol. The maximum atomic E-state index is 13.0. The number of nitrogens with two attached hydrogens (primary N) is 1. The van der Waals surface area contributed by atoms with Crippen LogP contribution in [0.2, 0.25) is 0 Å². The molecule has 18 heavy (non-hydrogen) atoms. The van der Waals surface area contributed by atoms with Gasteiger partial charge in [0.1, 0.15) is 5.82 Å². The molecule has 100 valence electrons. The van der Waals surface area contributed by atoms with Crippen molar-refractivity contribution in [1.29, 1.82) is 0 Å². The molecule has 1 aliphatic carbocycles. The van der Waals surface area contributed by atoms with Crippen molar-refractivity contribution in [1.82, 2.24) is 0 Å². The Morgan fingerprint density at radius 2 is 1.72 bits per heavy atom. The summed E-state index contributed by atoms with van der Waals surface area (Å²) >= 11 is 0. The summed E-state index contributed by atoms with van der Waals surface area (Å²) in [5, 5.41) is 0. The fourth-order valence-corrected chi connectivity index (χ4v) is 2.55. The van der Waals surface area contributed by atoms with E-state index in [0.29, 0.717) is 19.3 Å². The molecule has 0 heterocycles. The molecule has 1 aliphatic rings.